The second kappa shape index (κ2) is 7.60. The Balaban J connectivity index is -0.000000213. The summed E-state index contributed by atoms with van der Waals surface area (Å²) >= 11 is 3.40. The minimum absolute atomic E-state index is 0. The maximum atomic E-state index is 3.40. The summed E-state index contributed by atoms with van der Waals surface area (Å²) in [6, 6.07) is 8.15. The lowest BCUT2D eigenvalue weighted by Gasteiger charge is -1.91. The minimum atomic E-state index is 0. The average molecular weight is 231 g/mol. The van der Waals surface area contributed by atoms with Crippen LogP contribution in [0.3, 0.4) is 0 Å². The maximum Gasteiger partial charge on any atom is 0.0204 e. The molecule has 11 heavy (non-hydrogen) atoms. The molecule has 66 valence electrons. The molecular formula is C7H10BrF3. The molecule has 0 bridgehead atoms. The molecule has 0 radical (unpaired) electrons. The zero-order chi connectivity index (χ0) is 5.98. The Hall–Kier alpha value is -0.510. The van der Waals surface area contributed by atoms with E-state index in [-0.39, 0.29) is 14.1 Å². The number of hydrogen-bond donors (Lipinski definition) is 0. The molecule has 0 spiro atoms. The molecule has 0 saturated carbocycles. The Labute approximate surface area is 71.8 Å². The van der Waals surface area contributed by atoms with Crippen molar-refractivity contribution in [2.45, 2.75) is 6.92 Å². The minimum Gasteiger partial charge on any atom is -0.269 e. The number of benzene rings is 1. The zero-order valence-electron chi connectivity index (χ0n) is 5.91. The van der Waals surface area contributed by atoms with Gasteiger partial charge in [0.1, 0.15) is 0 Å². The smallest absolute Gasteiger partial charge is 0.0204 e. The summed E-state index contributed by atoms with van der Waals surface area (Å²) in [6.45, 7) is 2.07. The Morgan fingerprint density at radius 1 is 1.00 bits per heavy atom. The van der Waals surface area contributed by atoms with Gasteiger partial charge in [-0.25, -0.2) is 0 Å². The van der Waals surface area contributed by atoms with Crippen LogP contribution in [-0.2, 0) is 0 Å². The van der Waals surface area contributed by atoms with E-state index >= 15 is 0 Å². The molecule has 0 N–H and O–H groups in total. The molecule has 0 heterocycles. The second-order valence-corrected chi connectivity index (χ2v) is 2.60. The maximum absolute atomic E-state index is 3.40. The fourth-order valence-corrected chi connectivity index (χ4v) is 0.836. The van der Waals surface area contributed by atoms with Gasteiger partial charge >= 0.3 is 0 Å². The molecule has 0 aromatic heterocycles. The fraction of sp³-hybridized carbons (Fsp3) is 0.143. The topological polar surface area (TPSA) is 0 Å². The largest absolute Gasteiger partial charge is 0.269 e. The molecule has 4 heteroatoms. The van der Waals surface area contributed by atoms with Crippen LogP contribution < -0.4 is 0 Å². The highest BCUT2D eigenvalue weighted by Crippen LogP contribution is 2.13. The van der Waals surface area contributed by atoms with Gasteiger partial charge < -0.3 is 0 Å². The van der Waals surface area contributed by atoms with Crippen LogP contribution in [0.1, 0.15) is 5.56 Å². The molecule has 0 amide bonds. The van der Waals surface area contributed by atoms with Crippen molar-refractivity contribution < 1.29 is 14.1 Å². The molecule has 0 atom stereocenters. The molecular weight excluding hydrogens is 221 g/mol. The third kappa shape index (κ3) is 4.84. The van der Waals surface area contributed by atoms with Gasteiger partial charge in [0.15, 0.2) is 0 Å². The van der Waals surface area contributed by atoms with Crippen LogP contribution in [0.5, 0.6) is 0 Å². The van der Waals surface area contributed by atoms with Gasteiger partial charge in [0.2, 0.25) is 0 Å². The van der Waals surface area contributed by atoms with Crippen molar-refractivity contribution in [1.82, 2.24) is 0 Å². The lowest BCUT2D eigenvalue weighted by atomic mass is 10.2. The fourth-order valence-electron chi connectivity index (χ4n) is 0.551. The highest BCUT2D eigenvalue weighted by Gasteiger charge is 1.86. The van der Waals surface area contributed by atoms with Crippen molar-refractivity contribution in [2.75, 3.05) is 0 Å². The lowest BCUT2D eigenvalue weighted by Crippen LogP contribution is -1.69. The van der Waals surface area contributed by atoms with Crippen LogP contribution in [0.2, 0.25) is 0 Å². The predicted molar refractivity (Wildman–Crippen MR) is 46.4 cm³/mol. The molecule has 1 aromatic carbocycles. The van der Waals surface area contributed by atoms with Crippen LogP contribution in [0.25, 0.3) is 0 Å². The highest BCUT2D eigenvalue weighted by molar-refractivity contribution is 9.10. The third-order valence-electron chi connectivity index (χ3n) is 1.08. The summed E-state index contributed by atoms with van der Waals surface area (Å²) in [5, 5.41) is 0. The van der Waals surface area contributed by atoms with Gasteiger partial charge in [-0.3, -0.25) is 14.1 Å². The van der Waals surface area contributed by atoms with Crippen LogP contribution in [0, 0.1) is 6.92 Å². The van der Waals surface area contributed by atoms with Crippen molar-refractivity contribution >= 4 is 15.9 Å². The first kappa shape index (κ1) is 16.8. The van der Waals surface area contributed by atoms with E-state index < -0.39 is 0 Å². The van der Waals surface area contributed by atoms with Gasteiger partial charge in [-0.05, 0) is 18.6 Å². The van der Waals surface area contributed by atoms with Crippen molar-refractivity contribution in [3.63, 3.8) is 0 Å². The first-order valence-electron chi connectivity index (χ1n) is 2.52. The third-order valence-corrected chi connectivity index (χ3v) is 1.97. The van der Waals surface area contributed by atoms with Crippen molar-refractivity contribution in [1.29, 1.82) is 0 Å². The van der Waals surface area contributed by atoms with Crippen molar-refractivity contribution in [2.24, 2.45) is 0 Å². The molecule has 0 saturated heterocycles. The quantitative estimate of drug-likeness (QED) is 0.643. The van der Waals surface area contributed by atoms with E-state index in [2.05, 4.69) is 28.9 Å². The van der Waals surface area contributed by atoms with Gasteiger partial charge in [-0.2, -0.15) is 0 Å². The van der Waals surface area contributed by atoms with Gasteiger partial charge in [0.05, 0.1) is 0 Å². The van der Waals surface area contributed by atoms with Gasteiger partial charge in [0, 0.05) is 4.47 Å². The normalized spacial score (nSPS) is 6.73. The lowest BCUT2D eigenvalue weighted by molar-refractivity contribution is 1.11. The second-order valence-electron chi connectivity index (χ2n) is 1.75. The van der Waals surface area contributed by atoms with E-state index in [4.69, 9.17) is 0 Å². The summed E-state index contributed by atoms with van der Waals surface area (Å²) in [5.41, 5.74) is 1.28. The van der Waals surface area contributed by atoms with Crippen LogP contribution in [-0.4, -0.2) is 0 Å². The number of aryl methyl sites for hydroxylation is 1. The van der Waals surface area contributed by atoms with E-state index in [1.54, 1.807) is 0 Å². The molecule has 1 rings (SSSR count). The molecule has 1 aromatic rings. The number of hydrogen-bond acceptors (Lipinski definition) is 0. The molecule has 0 aliphatic rings. The van der Waals surface area contributed by atoms with Crippen LogP contribution in [0.15, 0.2) is 28.7 Å². The average Bonchev–Trinajstić information content (AvgIpc) is 1.77. The van der Waals surface area contributed by atoms with Crippen LogP contribution >= 0.6 is 15.9 Å². The Bertz CT molecular complexity index is 170. The van der Waals surface area contributed by atoms with E-state index in [0.29, 0.717) is 0 Å². The summed E-state index contributed by atoms with van der Waals surface area (Å²) in [4.78, 5) is 0. The first-order valence-corrected chi connectivity index (χ1v) is 3.31. The van der Waals surface area contributed by atoms with Gasteiger partial charge in [-0.1, -0.05) is 34.1 Å². The standard InChI is InChI=1S/C7H7Br.3FH/c1-6-4-2-3-5-7(6)8;;;/h2-5H,1H3;3*1H. The van der Waals surface area contributed by atoms with E-state index in [1.165, 1.54) is 10.0 Å². The van der Waals surface area contributed by atoms with Crippen molar-refractivity contribution in [3.05, 3.63) is 34.3 Å². The van der Waals surface area contributed by atoms with Gasteiger partial charge in [0.25, 0.3) is 0 Å². The van der Waals surface area contributed by atoms with Crippen LogP contribution in [0.4, 0.5) is 14.1 Å². The molecule has 0 aliphatic heterocycles. The number of halogens is 4. The monoisotopic (exact) mass is 230 g/mol. The SMILES string of the molecule is Cc1ccccc1Br.F.F.F. The zero-order valence-corrected chi connectivity index (χ0v) is 7.50. The molecule has 0 nitrogen and oxygen atoms in total. The summed E-state index contributed by atoms with van der Waals surface area (Å²) < 4.78 is 1.18. The Morgan fingerprint density at radius 3 is 1.73 bits per heavy atom. The summed E-state index contributed by atoms with van der Waals surface area (Å²) in [6.07, 6.45) is 0. The Morgan fingerprint density at radius 2 is 1.45 bits per heavy atom. The predicted octanol–water partition coefficient (Wildman–Crippen LogP) is 3.22. The Kier molecular flexibility index (Phi) is 11.6. The van der Waals surface area contributed by atoms with E-state index in [0.717, 1.165) is 0 Å². The number of rotatable bonds is 0. The molecule has 0 unspecified atom stereocenters. The molecule has 0 aliphatic carbocycles. The highest BCUT2D eigenvalue weighted by atomic mass is 79.9. The first-order chi connectivity index (χ1) is 3.80. The van der Waals surface area contributed by atoms with E-state index in [1.807, 2.05) is 18.2 Å². The van der Waals surface area contributed by atoms with Crippen molar-refractivity contribution in [3.8, 4) is 0 Å². The summed E-state index contributed by atoms with van der Waals surface area (Å²) in [5.74, 6) is 0. The van der Waals surface area contributed by atoms with Gasteiger partial charge in [-0.15, -0.1) is 0 Å². The van der Waals surface area contributed by atoms with E-state index in [9.17, 15) is 0 Å². The molecule has 0 fully saturated rings. The summed E-state index contributed by atoms with van der Waals surface area (Å²) in [7, 11) is 0.